The average molecular weight is 337 g/mol. The number of hydrogen-bond donors (Lipinski definition) is 1. The predicted octanol–water partition coefficient (Wildman–Crippen LogP) is 4.09. The topological polar surface area (TPSA) is 43.3 Å². The van der Waals surface area contributed by atoms with Crippen molar-refractivity contribution in [3.05, 3.63) is 46.7 Å². The Hall–Kier alpha value is -1.75. The zero-order chi connectivity index (χ0) is 14.7. The van der Waals surface area contributed by atoms with E-state index in [-0.39, 0.29) is 11.9 Å². The van der Waals surface area contributed by atoms with Gasteiger partial charge in [0.15, 0.2) is 0 Å². The first-order chi connectivity index (χ1) is 9.52. The molecular formula is C15H17BrN2O2. The molecule has 1 aromatic carbocycles. The summed E-state index contributed by atoms with van der Waals surface area (Å²) in [6.07, 6.45) is 1.90. The Labute approximate surface area is 126 Å². The summed E-state index contributed by atoms with van der Waals surface area (Å²) in [5, 5.41) is 2.88. The summed E-state index contributed by atoms with van der Waals surface area (Å²) in [5.41, 5.74) is 1.27. The molecule has 0 saturated carbocycles. The molecule has 0 radical (unpaired) electrons. The van der Waals surface area contributed by atoms with E-state index in [0.717, 1.165) is 4.47 Å². The number of ether oxygens (including phenoxy) is 1. The van der Waals surface area contributed by atoms with Crippen molar-refractivity contribution in [1.82, 2.24) is 4.57 Å². The van der Waals surface area contributed by atoms with Gasteiger partial charge in [-0.2, -0.15) is 0 Å². The van der Waals surface area contributed by atoms with Gasteiger partial charge >= 0.3 is 0 Å². The van der Waals surface area contributed by atoms with E-state index < -0.39 is 0 Å². The van der Waals surface area contributed by atoms with Crippen LogP contribution in [0, 0.1) is 0 Å². The fourth-order valence-corrected chi connectivity index (χ4v) is 2.43. The maximum Gasteiger partial charge on any atom is 0.272 e. The molecule has 1 aromatic heterocycles. The van der Waals surface area contributed by atoms with Crippen LogP contribution in [-0.2, 0) is 0 Å². The molecule has 1 N–H and O–H groups in total. The number of benzene rings is 1. The van der Waals surface area contributed by atoms with Crippen LogP contribution in [0.3, 0.4) is 0 Å². The van der Waals surface area contributed by atoms with Crippen molar-refractivity contribution in [3.63, 3.8) is 0 Å². The molecule has 0 aliphatic rings. The Bertz CT molecular complexity index is 620. The molecule has 0 bridgehead atoms. The first kappa shape index (κ1) is 14.7. The SMILES string of the molecule is COc1ccccc1NC(=O)c1cc(Br)cn1C(C)C. The maximum absolute atomic E-state index is 12.4. The molecule has 2 aromatic rings. The van der Waals surface area contributed by atoms with Crippen LogP contribution in [0.15, 0.2) is 41.0 Å². The van der Waals surface area contributed by atoms with Gasteiger partial charge < -0.3 is 14.6 Å². The summed E-state index contributed by atoms with van der Waals surface area (Å²) in [6.45, 7) is 4.07. The third-order valence-electron chi connectivity index (χ3n) is 2.96. The molecule has 0 fully saturated rings. The summed E-state index contributed by atoms with van der Waals surface area (Å²) >= 11 is 3.41. The molecule has 2 rings (SSSR count). The van der Waals surface area contributed by atoms with E-state index in [1.54, 1.807) is 7.11 Å². The number of nitrogens with one attached hydrogen (secondary N) is 1. The molecule has 1 heterocycles. The Morgan fingerprint density at radius 3 is 2.70 bits per heavy atom. The fourth-order valence-electron chi connectivity index (χ4n) is 1.99. The largest absolute Gasteiger partial charge is 0.495 e. The minimum absolute atomic E-state index is 0.158. The number of hydrogen-bond acceptors (Lipinski definition) is 2. The number of amides is 1. The van der Waals surface area contributed by atoms with Crippen molar-refractivity contribution in [2.45, 2.75) is 19.9 Å². The first-order valence-electron chi connectivity index (χ1n) is 6.34. The molecule has 0 aliphatic heterocycles. The first-order valence-corrected chi connectivity index (χ1v) is 7.14. The van der Waals surface area contributed by atoms with Gasteiger partial charge in [-0.25, -0.2) is 0 Å². The standard InChI is InChI=1S/C15H17BrN2O2/c1-10(2)18-9-11(16)8-13(18)15(19)17-12-6-4-5-7-14(12)20-3/h4-10H,1-3H3,(H,17,19). The van der Waals surface area contributed by atoms with Crippen LogP contribution >= 0.6 is 15.9 Å². The molecule has 0 atom stereocenters. The number of rotatable bonds is 4. The number of nitrogens with zero attached hydrogens (tertiary/aromatic N) is 1. The number of anilines is 1. The summed E-state index contributed by atoms with van der Waals surface area (Å²) in [6, 6.07) is 9.36. The Balaban J connectivity index is 2.28. The van der Waals surface area contributed by atoms with Gasteiger partial charge in [-0.3, -0.25) is 4.79 Å². The predicted molar refractivity (Wildman–Crippen MR) is 83.5 cm³/mol. The van der Waals surface area contributed by atoms with Crippen LogP contribution in [0.2, 0.25) is 0 Å². The van der Waals surface area contributed by atoms with Crippen LogP contribution in [0.5, 0.6) is 5.75 Å². The van der Waals surface area contributed by atoms with Crippen molar-refractivity contribution in [1.29, 1.82) is 0 Å². The van der Waals surface area contributed by atoms with Crippen molar-refractivity contribution in [2.75, 3.05) is 12.4 Å². The highest BCUT2D eigenvalue weighted by molar-refractivity contribution is 9.10. The molecule has 4 nitrogen and oxygen atoms in total. The lowest BCUT2D eigenvalue weighted by Crippen LogP contribution is -2.18. The third kappa shape index (κ3) is 3.04. The van der Waals surface area contributed by atoms with Crippen LogP contribution in [-0.4, -0.2) is 17.6 Å². The van der Waals surface area contributed by atoms with Crippen molar-refractivity contribution >= 4 is 27.5 Å². The quantitative estimate of drug-likeness (QED) is 0.913. The van der Waals surface area contributed by atoms with Gasteiger partial charge in [0.05, 0.1) is 12.8 Å². The van der Waals surface area contributed by atoms with Gasteiger partial charge in [0.25, 0.3) is 5.91 Å². The van der Waals surface area contributed by atoms with E-state index >= 15 is 0 Å². The lowest BCUT2D eigenvalue weighted by Gasteiger charge is -2.14. The number of carbonyl (C=O) groups is 1. The molecule has 0 saturated heterocycles. The maximum atomic E-state index is 12.4. The Morgan fingerprint density at radius 1 is 1.35 bits per heavy atom. The van der Waals surface area contributed by atoms with E-state index in [1.807, 2.05) is 54.9 Å². The fraction of sp³-hybridized carbons (Fsp3) is 0.267. The Morgan fingerprint density at radius 2 is 2.05 bits per heavy atom. The van der Waals surface area contributed by atoms with Crippen LogP contribution in [0.25, 0.3) is 0 Å². The van der Waals surface area contributed by atoms with Crippen LogP contribution < -0.4 is 10.1 Å². The average Bonchev–Trinajstić information content (AvgIpc) is 2.82. The van der Waals surface area contributed by atoms with Gasteiger partial charge in [0.2, 0.25) is 0 Å². The highest BCUT2D eigenvalue weighted by atomic mass is 79.9. The summed E-state index contributed by atoms with van der Waals surface area (Å²) in [5.74, 6) is 0.483. The van der Waals surface area contributed by atoms with E-state index in [9.17, 15) is 4.79 Å². The zero-order valence-electron chi connectivity index (χ0n) is 11.7. The molecule has 0 aliphatic carbocycles. The second-order valence-electron chi connectivity index (χ2n) is 4.70. The van der Waals surface area contributed by atoms with Crippen molar-refractivity contribution < 1.29 is 9.53 Å². The summed E-state index contributed by atoms with van der Waals surface area (Å²) < 4.78 is 8.05. The zero-order valence-corrected chi connectivity index (χ0v) is 13.3. The van der Waals surface area contributed by atoms with E-state index in [2.05, 4.69) is 21.2 Å². The number of carbonyl (C=O) groups excluding carboxylic acids is 1. The van der Waals surface area contributed by atoms with E-state index in [4.69, 9.17) is 4.74 Å². The van der Waals surface area contributed by atoms with Crippen LogP contribution in [0.4, 0.5) is 5.69 Å². The Kier molecular flexibility index (Phi) is 4.49. The number of methoxy groups -OCH3 is 1. The van der Waals surface area contributed by atoms with Crippen molar-refractivity contribution in [3.8, 4) is 5.75 Å². The van der Waals surface area contributed by atoms with E-state index in [1.165, 1.54) is 0 Å². The van der Waals surface area contributed by atoms with Gasteiger partial charge in [-0.1, -0.05) is 12.1 Å². The van der Waals surface area contributed by atoms with Gasteiger partial charge in [0, 0.05) is 16.7 Å². The minimum atomic E-state index is -0.158. The lowest BCUT2D eigenvalue weighted by atomic mass is 10.2. The molecule has 5 heteroatoms. The van der Waals surface area contributed by atoms with E-state index in [0.29, 0.717) is 17.1 Å². The summed E-state index contributed by atoms with van der Waals surface area (Å²) in [7, 11) is 1.58. The summed E-state index contributed by atoms with van der Waals surface area (Å²) in [4.78, 5) is 12.4. The smallest absolute Gasteiger partial charge is 0.272 e. The highest BCUT2D eigenvalue weighted by Crippen LogP contribution is 2.25. The van der Waals surface area contributed by atoms with Crippen LogP contribution in [0.1, 0.15) is 30.4 Å². The monoisotopic (exact) mass is 336 g/mol. The number of aromatic nitrogens is 1. The van der Waals surface area contributed by atoms with Crippen molar-refractivity contribution in [2.24, 2.45) is 0 Å². The molecule has 20 heavy (non-hydrogen) atoms. The highest BCUT2D eigenvalue weighted by Gasteiger charge is 2.16. The van der Waals surface area contributed by atoms with Gasteiger partial charge in [-0.15, -0.1) is 0 Å². The molecule has 0 unspecified atom stereocenters. The second-order valence-corrected chi connectivity index (χ2v) is 5.61. The van der Waals surface area contributed by atoms with Gasteiger partial charge in [-0.05, 0) is 48.0 Å². The number of para-hydroxylation sites is 2. The number of halogens is 1. The molecule has 106 valence electrons. The lowest BCUT2D eigenvalue weighted by molar-refractivity contribution is 0.101. The van der Waals surface area contributed by atoms with Gasteiger partial charge in [0.1, 0.15) is 11.4 Å². The molecule has 0 spiro atoms. The normalized spacial score (nSPS) is 10.7. The molecule has 1 amide bonds. The second kappa shape index (κ2) is 6.13. The third-order valence-corrected chi connectivity index (χ3v) is 3.39. The minimum Gasteiger partial charge on any atom is -0.495 e. The molecular weight excluding hydrogens is 320 g/mol.